The number of ether oxygens (including phenoxy) is 1. The Bertz CT molecular complexity index is 927. The second-order valence-electron chi connectivity index (χ2n) is 6.65. The molecule has 0 spiro atoms. The summed E-state index contributed by atoms with van der Waals surface area (Å²) in [6, 6.07) is 11.2. The minimum Gasteiger partial charge on any atom is -0.457 e. The fourth-order valence-electron chi connectivity index (χ4n) is 3.23. The van der Waals surface area contributed by atoms with E-state index < -0.39 is 0 Å². The molecule has 7 heteroatoms. The van der Waals surface area contributed by atoms with Gasteiger partial charge in [0.2, 0.25) is 0 Å². The summed E-state index contributed by atoms with van der Waals surface area (Å²) in [5, 5.41) is 1.35. The molecule has 0 radical (unpaired) electrons. The zero-order valence-corrected chi connectivity index (χ0v) is 16.6. The second kappa shape index (κ2) is 7.54. The molecule has 1 fully saturated rings. The van der Waals surface area contributed by atoms with E-state index in [1.807, 2.05) is 50.2 Å². The second-order valence-corrected chi connectivity index (χ2v) is 8.07. The van der Waals surface area contributed by atoms with E-state index in [9.17, 15) is 4.79 Å². The van der Waals surface area contributed by atoms with Gasteiger partial charge in [-0.3, -0.25) is 4.79 Å². The maximum Gasteiger partial charge on any atom is 0.286 e. The molecule has 1 amide bonds. The molecule has 1 aromatic carbocycles. The van der Waals surface area contributed by atoms with Crippen molar-refractivity contribution in [3.63, 3.8) is 0 Å². The summed E-state index contributed by atoms with van der Waals surface area (Å²) in [7, 11) is 0. The Balaban J connectivity index is 1.51. The monoisotopic (exact) mass is 402 g/mol. The molecule has 2 aliphatic rings. The van der Waals surface area contributed by atoms with Crippen LogP contribution in [0.3, 0.4) is 0 Å². The van der Waals surface area contributed by atoms with Gasteiger partial charge in [-0.15, -0.1) is 0 Å². The summed E-state index contributed by atoms with van der Waals surface area (Å²) in [4.78, 5) is 19.2. The minimum absolute atomic E-state index is 0.114. The SMILES string of the molecule is C[C@H]1CN(C2=NC(=O)/C(=C/c3ccc(-c4ccccc4Cl)o3)S2)C[C@H](C)O1. The summed E-state index contributed by atoms with van der Waals surface area (Å²) in [5.41, 5.74) is 0.822. The van der Waals surface area contributed by atoms with Crippen molar-refractivity contribution in [3.05, 3.63) is 52.1 Å². The topological polar surface area (TPSA) is 55.0 Å². The molecule has 4 rings (SSSR count). The number of amides is 1. The summed E-state index contributed by atoms with van der Waals surface area (Å²) >= 11 is 7.60. The molecule has 1 aromatic heterocycles. The summed E-state index contributed by atoms with van der Waals surface area (Å²) in [6.07, 6.45) is 1.96. The lowest BCUT2D eigenvalue weighted by molar-refractivity contribution is -0.113. The summed E-state index contributed by atoms with van der Waals surface area (Å²) < 4.78 is 11.6. The first-order chi connectivity index (χ1) is 13.0. The molecule has 3 heterocycles. The van der Waals surface area contributed by atoms with Crippen LogP contribution in [-0.2, 0) is 9.53 Å². The van der Waals surface area contributed by atoms with E-state index in [0.29, 0.717) is 21.4 Å². The van der Waals surface area contributed by atoms with Crippen LogP contribution in [0.5, 0.6) is 0 Å². The van der Waals surface area contributed by atoms with Crippen LogP contribution >= 0.6 is 23.4 Å². The van der Waals surface area contributed by atoms with E-state index in [0.717, 1.165) is 23.8 Å². The van der Waals surface area contributed by atoms with Crippen molar-refractivity contribution in [2.75, 3.05) is 13.1 Å². The molecule has 2 atom stereocenters. The number of hydrogen-bond donors (Lipinski definition) is 0. The van der Waals surface area contributed by atoms with Crippen molar-refractivity contribution in [2.45, 2.75) is 26.1 Å². The van der Waals surface area contributed by atoms with E-state index in [1.54, 1.807) is 6.08 Å². The first-order valence-electron chi connectivity index (χ1n) is 8.77. The number of carbonyl (C=O) groups is 1. The normalized spacial score (nSPS) is 24.6. The minimum atomic E-state index is -0.238. The Labute approximate surface area is 167 Å². The average Bonchev–Trinajstić information content (AvgIpc) is 3.22. The number of rotatable bonds is 2. The van der Waals surface area contributed by atoms with E-state index in [4.69, 9.17) is 20.8 Å². The number of aliphatic imine (C=N–C) groups is 1. The molecule has 27 heavy (non-hydrogen) atoms. The fourth-order valence-corrected chi connectivity index (χ4v) is 4.37. The van der Waals surface area contributed by atoms with Crippen molar-refractivity contribution >= 4 is 40.5 Å². The predicted molar refractivity (Wildman–Crippen MR) is 109 cm³/mol. The van der Waals surface area contributed by atoms with E-state index in [2.05, 4.69) is 9.89 Å². The zero-order valence-electron chi connectivity index (χ0n) is 15.0. The number of thioether (sulfide) groups is 1. The average molecular weight is 403 g/mol. The first kappa shape index (κ1) is 18.3. The summed E-state index contributed by atoms with van der Waals surface area (Å²) in [6.45, 7) is 5.52. The van der Waals surface area contributed by atoms with Gasteiger partial charge in [0, 0.05) is 24.7 Å². The molecular weight excluding hydrogens is 384 g/mol. The molecule has 5 nitrogen and oxygen atoms in total. The molecule has 1 saturated heterocycles. The number of furan rings is 1. The smallest absolute Gasteiger partial charge is 0.286 e. The number of amidine groups is 1. The summed E-state index contributed by atoms with van der Waals surface area (Å²) in [5.74, 6) is 1.03. The molecule has 140 valence electrons. The van der Waals surface area contributed by atoms with Crippen molar-refractivity contribution in [2.24, 2.45) is 4.99 Å². The Morgan fingerprint density at radius 3 is 2.67 bits per heavy atom. The highest BCUT2D eigenvalue weighted by atomic mass is 35.5. The highest BCUT2D eigenvalue weighted by molar-refractivity contribution is 8.18. The Kier molecular flexibility index (Phi) is 5.12. The lowest BCUT2D eigenvalue weighted by Gasteiger charge is -2.35. The lowest BCUT2D eigenvalue weighted by atomic mass is 10.2. The van der Waals surface area contributed by atoms with Gasteiger partial charge in [-0.25, -0.2) is 0 Å². The lowest BCUT2D eigenvalue weighted by Crippen LogP contribution is -2.47. The maximum absolute atomic E-state index is 12.3. The van der Waals surface area contributed by atoms with Gasteiger partial charge in [0.1, 0.15) is 11.5 Å². The van der Waals surface area contributed by atoms with Gasteiger partial charge in [0.15, 0.2) is 5.17 Å². The maximum atomic E-state index is 12.3. The van der Waals surface area contributed by atoms with Crippen molar-refractivity contribution in [3.8, 4) is 11.3 Å². The van der Waals surface area contributed by atoms with E-state index >= 15 is 0 Å². The van der Waals surface area contributed by atoms with Gasteiger partial charge < -0.3 is 14.1 Å². The molecule has 0 saturated carbocycles. The van der Waals surface area contributed by atoms with E-state index in [-0.39, 0.29) is 18.1 Å². The number of halogens is 1. The number of benzene rings is 1. The Morgan fingerprint density at radius 1 is 1.19 bits per heavy atom. The molecule has 0 bridgehead atoms. The van der Waals surface area contributed by atoms with Crippen LogP contribution in [0, 0.1) is 0 Å². The molecular formula is C20H19ClN2O3S. The highest BCUT2D eigenvalue weighted by Gasteiger charge is 2.31. The third-order valence-corrected chi connectivity index (χ3v) is 5.71. The molecule has 2 aliphatic heterocycles. The van der Waals surface area contributed by atoms with Crippen LogP contribution in [0.25, 0.3) is 17.4 Å². The van der Waals surface area contributed by atoms with Gasteiger partial charge in [-0.2, -0.15) is 4.99 Å². The number of nitrogens with zero attached hydrogens (tertiary/aromatic N) is 2. The van der Waals surface area contributed by atoms with Crippen molar-refractivity contribution < 1.29 is 13.9 Å². The number of hydrogen-bond acceptors (Lipinski definition) is 5. The zero-order chi connectivity index (χ0) is 19.0. The molecule has 0 aliphatic carbocycles. The van der Waals surface area contributed by atoms with Crippen molar-refractivity contribution in [1.82, 2.24) is 4.90 Å². The van der Waals surface area contributed by atoms with Gasteiger partial charge in [0.05, 0.1) is 22.1 Å². The van der Waals surface area contributed by atoms with Gasteiger partial charge in [-0.1, -0.05) is 23.7 Å². The van der Waals surface area contributed by atoms with Crippen LogP contribution in [0.15, 0.2) is 50.7 Å². The van der Waals surface area contributed by atoms with E-state index in [1.165, 1.54) is 11.8 Å². The number of carbonyl (C=O) groups excluding carboxylic acids is 1. The van der Waals surface area contributed by atoms with Crippen molar-refractivity contribution in [1.29, 1.82) is 0 Å². The van der Waals surface area contributed by atoms with Crippen LogP contribution < -0.4 is 0 Å². The quantitative estimate of drug-likeness (QED) is 0.682. The molecule has 2 aromatic rings. The van der Waals surface area contributed by atoms with Crippen LogP contribution in [-0.4, -0.2) is 41.3 Å². The Hall–Kier alpha value is -2.02. The van der Waals surface area contributed by atoms with Crippen LogP contribution in [0.2, 0.25) is 5.02 Å². The van der Waals surface area contributed by atoms with Crippen LogP contribution in [0.1, 0.15) is 19.6 Å². The van der Waals surface area contributed by atoms with Gasteiger partial charge in [-0.05, 0) is 49.9 Å². The third kappa shape index (κ3) is 3.98. The van der Waals surface area contributed by atoms with Crippen LogP contribution in [0.4, 0.5) is 0 Å². The first-order valence-corrected chi connectivity index (χ1v) is 9.97. The third-order valence-electron chi connectivity index (χ3n) is 4.34. The molecule has 0 N–H and O–H groups in total. The Morgan fingerprint density at radius 2 is 1.93 bits per heavy atom. The largest absolute Gasteiger partial charge is 0.457 e. The highest BCUT2D eigenvalue weighted by Crippen LogP contribution is 2.34. The molecule has 0 unspecified atom stereocenters. The number of morpholine rings is 1. The predicted octanol–water partition coefficient (Wildman–Crippen LogP) is 4.68. The fraction of sp³-hybridized carbons (Fsp3) is 0.300. The van der Waals surface area contributed by atoms with Gasteiger partial charge in [0.25, 0.3) is 5.91 Å². The standard InChI is InChI=1S/C20H19ClN2O3S/c1-12-10-23(11-13(2)25-12)20-22-19(24)18(27-20)9-14-7-8-17(26-14)15-5-3-4-6-16(15)21/h3-9,12-13H,10-11H2,1-2H3/b18-9-/t12-,13-/m0/s1. The van der Waals surface area contributed by atoms with Gasteiger partial charge >= 0.3 is 0 Å².